The number of imidazole rings is 1. The van der Waals surface area contributed by atoms with Crippen molar-refractivity contribution in [2.75, 3.05) is 0 Å². The van der Waals surface area contributed by atoms with Crippen molar-refractivity contribution in [3.05, 3.63) is 16.2 Å². The van der Waals surface area contributed by atoms with Crippen LogP contribution in [0.15, 0.2) is 12.4 Å². The first kappa shape index (κ1) is 14.7. The second kappa shape index (κ2) is 6.66. The van der Waals surface area contributed by atoms with Crippen LogP contribution in [-0.2, 0) is 26.4 Å². The third-order valence-corrected chi connectivity index (χ3v) is 6.17. The van der Waals surface area contributed by atoms with E-state index in [1.807, 2.05) is 0 Å². The molecule has 6 heteroatoms. The van der Waals surface area contributed by atoms with Gasteiger partial charge in [0.25, 0.3) is 0 Å². The van der Waals surface area contributed by atoms with Gasteiger partial charge in [-0.25, -0.2) is 0 Å². The van der Waals surface area contributed by atoms with Crippen molar-refractivity contribution in [1.82, 2.24) is 10.5 Å². The molecule has 0 aliphatic heterocycles. The number of halogens is 2. The number of hydrogen-bond acceptors (Lipinski definition) is 1. The van der Waals surface area contributed by atoms with Crippen molar-refractivity contribution >= 4 is 45.7 Å². The molecular formula is C11H17I2N3Pt. The standard InChI is InChI=1S/C7H10N2.C4H7I2N.Pt/c1-8-4-5-9(6-8)7-2-3-7;5-7(6)4-2-1-3-4;/h4-5,7H,2-3H2,1H3;4H,1-3H2;. The fraction of sp³-hybridized carbons (Fsp3) is 0.727. The molecule has 0 N–H and O–H groups in total. The smallest absolute Gasteiger partial charge is 0.0311 e. The molecule has 1 aromatic heterocycles. The molecule has 3 nitrogen and oxygen atoms in total. The molecule has 0 unspecified atom stereocenters. The van der Waals surface area contributed by atoms with Gasteiger partial charge in [0.05, 0.1) is 0 Å². The Hall–Kier alpha value is 1.32. The van der Waals surface area contributed by atoms with Gasteiger partial charge in [-0.2, -0.15) is 1.33 Å². The Balaban J connectivity index is 0.000000136. The van der Waals surface area contributed by atoms with E-state index in [1.165, 1.54) is 35.9 Å². The molecule has 2 aliphatic rings. The second-order valence-electron chi connectivity index (χ2n) is 4.63. The van der Waals surface area contributed by atoms with Crippen LogP contribution in [0.3, 0.4) is 0 Å². The van der Waals surface area contributed by atoms with Crippen molar-refractivity contribution in [3.63, 3.8) is 0 Å². The van der Waals surface area contributed by atoms with E-state index >= 15 is 0 Å². The van der Waals surface area contributed by atoms with E-state index in [2.05, 4.69) is 95.0 Å². The Morgan fingerprint density at radius 3 is 2.12 bits per heavy atom. The van der Waals surface area contributed by atoms with E-state index in [4.69, 9.17) is 0 Å². The summed E-state index contributed by atoms with van der Waals surface area (Å²) in [5.41, 5.74) is 0. The minimum absolute atomic E-state index is 0.814. The summed E-state index contributed by atoms with van der Waals surface area (Å²) >= 11 is 7.04. The molecule has 0 amide bonds. The minimum Gasteiger partial charge on any atom is -0.185 e. The van der Waals surface area contributed by atoms with Gasteiger partial charge in [0, 0.05) is 51.8 Å². The summed E-state index contributed by atoms with van der Waals surface area (Å²) in [7, 11) is 2.08. The number of aryl methyl sites for hydroxylation is 1. The molecular weight excluding hydrogens is 623 g/mol. The average molecular weight is 640 g/mol. The molecule has 0 radical (unpaired) electrons. The number of rotatable bonds is 2. The van der Waals surface area contributed by atoms with Crippen LogP contribution in [0.4, 0.5) is 0 Å². The molecule has 1 aromatic rings. The van der Waals surface area contributed by atoms with Crippen molar-refractivity contribution in [1.29, 1.82) is 0 Å². The van der Waals surface area contributed by atoms with Crippen molar-refractivity contribution < 1.29 is 19.4 Å². The summed E-state index contributed by atoms with van der Waals surface area (Å²) in [6.07, 6.45) is 11.3. The molecule has 0 atom stereocenters. The van der Waals surface area contributed by atoms with Crippen LogP contribution in [0, 0.1) is 3.80 Å². The maximum absolute atomic E-state index is 2.37. The SMILES string of the molecule is Cn1ccn(C2CC2)[c]1=[Pt].IN(I)C1CCC1. The Morgan fingerprint density at radius 1 is 1.24 bits per heavy atom. The van der Waals surface area contributed by atoms with Crippen LogP contribution < -0.4 is 0 Å². The maximum atomic E-state index is 2.37. The van der Waals surface area contributed by atoms with E-state index in [0.717, 1.165) is 12.1 Å². The van der Waals surface area contributed by atoms with Crippen molar-refractivity contribution in [2.45, 2.75) is 44.2 Å². The van der Waals surface area contributed by atoms with Gasteiger partial charge in [0.15, 0.2) is 0 Å². The van der Waals surface area contributed by atoms with E-state index in [9.17, 15) is 0 Å². The van der Waals surface area contributed by atoms with Gasteiger partial charge in [-0.05, 0) is 12.8 Å². The molecule has 1 heterocycles. The molecule has 0 bridgehead atoms. The van der Waals surface area contributed by atoms with Crippen LogP contribution in [-0.4, -0.2) is 16.5 Å². The summed E-state index contributed by atoms with van der Waals surface area (Å²) in [6.45, 7) is 0. The molecule has 3 rings (SSSR count). The molecule has 2 fully saturated rings. The quantitative estimate of drug-likeness (QED) is 0.355. The van der Waals surface area contributed by atoms with Gasteiger partial charge >= 0.3 is 70.6 Å². The van der Waals surface area contributed by atoms with Gasteiger partial charge in [-0.3, -0.25) is 0 Å². The zero-order chi connectivity index (χ0) is 12.4. The summed E-state index contributed by atoms with van der Waals surface area (Å²) in [5.74, 6) is 0. The van der Waals surface area contributed by atoms with Crippen molar-refractivity contribution in [2.24, 2.45) is 7.05 Å². The zero-order valence-electron chi connectivity index (χ0n) is 9.76. The van der Waals surface area contributed by atoms with E-state index in [0.29, 0.717) is 0 Å². The molecule has 0 spiro atoms. The van der Waals surface area contributed by atoms with Crippen LogP contribution >= 0.6 is 45.7 Å². The predicted octanol–water partition coefficient (Wildman–Crippen LogP) is 3.78. The predicted molar refractivity (Wildman–Crippen MR) is 82.4 cm³/mol. The van der Waals surface area contributed by atoms with Gasteiger partial charge in [0.1, 0.15) is 0 Å². The van der Waals surface area contributed by atoms with Gasteiger partial charge in [-0.15, -0.1) is 0 Å². The molecule has 2 aliphatic carbocycles. The number of aromatic nitrogens is 2. The van der Waals surface area contributed by atoms with E-state index < -0.39 is 0 Å². The fourth-order valence-corrected chi connectivity index (χ4v) is 3.53. The zero-order valence-corrected chi connectivity index (χ0v) is 16.3. The number of hydrogen-bond donors (Lipinski definition) is 0. The first-order valence-corrected chi connectivity index (χ1v) is 8.96. The fourth-order valence-electron chi connectivity index (χ4n) is 1.66. The number of nitrogens with zero attached hydrogens (tertiary/aromatic N) is 3. The van der Waals surface area contributed by atoms with Crippen molar-refractivity contribution in [3.8, 4) is 0 Å². The Morgan fingerprint density at radius 2 is 1.88 bits per heavy atom. The molecule has 0 aromatic carbocycles. The summed E-state index contributed by atoms with van der Waals surface area (Å²) in [6, 6.07) is 1.70. The van der Waals surface area contributed by atoms with Crippen LogP contribution in [0.1, 0.15) is 38.1 Å². The summed E-state index contributed by atoms with van der Waals surface area (Å²) in [4.78, 5) is 0. The summed E-state index contributed by atoms with van der Waals surface area (Å²) in [5, 5.41) is 0. The second-order valence-corrected chi connectivity index (χ2v) is 9.57. The monoisotopic (exact) mass is 640 g/mol. The third-order valence-electron chi connectivity index (χ3n) is 3.21. The van der Waals surface area contributed by atoms with E-state index in [-0.39, 0.29) is 0 Å². The Labute approximate surface area is 141 Å². The van der Waals surface area contributed by atoms with Crippen LogP contribution in [0.2, 0.25) is 0 Å². The first-order chi connectivity index (χ1) is 8.09. The average Bonchev–Trinajstić information content (AvgIpc) is 2.94. The third kappa shape index (κ3) is 4.14. The molecule has 17 heavy (non-hydrogen) atoms. The van der Waals surface area contributed by atoms with Gasteiger partial charge < -0.3 is 0 Å². The van der Waals surface area contributed by atoms with Gasteiger partial charge in [0.2, 0.25) is 0 Å². The van der Waals surface area contributed by atoms with Crippen LogP contribution in [0.5, 0.6) is 0 Å². The Bertz CT molecular complexity index is 419. The normalized spacial score (nSPS) is 19.9. The van der Waals surface area contributed by atoms with Gasteiger partial charge in [-0.1, -0.05) is 6.42 Å². The molecule has 2 saturated carbocycles. The van der Waals surface area contributed by atoms with Crippen LogP contribution in [0.25, 0.3) is 0 Å². The molecule has 100 valence electrons. The van der Waals surface area contributed by atoms with E-state index in [1.54, 1.807) is 0 Å². The maximum Gasteiger partial charge on any atom is 0.0311 e. The molecule has 0 saturated heterocycles. The minimum atomic E-state index is 0.814. The Kier molecular flexibility index (Phi) is 5.77. The largest absolute Gasteiger partial charge is 0.185 e. The topological polar surface area (TPSA) is 13.1 Å². The first-order valence-electron chi connectivity index (χ1n) is 5.89. The summed E-state index contributed by atoms with van der Waals surface area (Å²) < 4.78 is 8.09.